The number of fused-ring (bicyclic) bond motifs is 1. The van der Waals surface area contributed by atoms with E-state index in [0.717, 1.165) is 30.5 Å². The molecule has 0 heterocycles. The number of rotatable bonds is 7. The molecule has 5 heteroatoms. The van der Waals surface area contributed by atoms with Crippen LogP contribution in [0.25, 0.3) is 0 Å². The van der Waals surface area contributed by atoms with Crippen LogP contribution in [-0.4, -0.2) is 31.7 Å². The molecule has 1 aliphatic carbocycles. The molecule has 3 rings (SSSR count). The van der Waals surface area contributed by atoms with Crippen molar-refractivity contribution in [3.8, 4) is 0 Å². The number of carbonyl (C=O) groups is 1. The maximum Gasteiger partial charge on any atom is 0.248 e. The van der Waals surface area contributed by atoms with E-state index >= 15 is 0 Å². The minimum absolute atomic E-state index is 0.00449. The standard InChI is InChI=1S/C23H31N3O2/c1-23(2)18-13-17(22(25)27)10-9-16(18)14-20(28-3)21(23)26-12-11-19(24)15-7-5-4-6-8-15/h4-10,13,19-21,26H,11-12,14,24H2,1-3H3,(H2,25,27)/t19-,20-,21+/m1/s1. The summed E-state index contributed by atoms with van der Waals surface area (Å²) in [4.78, 5) is 11.6. The van der Waals surface area contributed by atoms with Gasteiger partial charge in [0.05, 0.1) is 6.10 Å². The largest absolute Gasteiger partial charge is 0.379 e. The van der Waals surface area contributed by atoms with Crippen molar-refractivity contribution in [1.29, 1.82) is 0 Å². The van der Waals surface area contributed by atoms with Crippen LogP contribution in [0.15, 0.2) is 48.5 Å². The van der Waals surface area contributed by atoms with Crippen molar-refractivity contribution in [2.24, 2.45) is 11.5 Å². The number of benzene rings is 2. The maximum atomic E-state index is 11.6. The fourth-order valence-electron chi connectivity index (χ4n) is 4.34. The van der Waals surface area contributed by atoms with Gasteiger partial charge >= 0.3 is 0 Å². The summed E-state index contributed by atoms with van der Waals surface area (Å²) in [5, 5.41) is 3.68. The molecule has 5 N–H and O–H groups in total. The molecule has 1 aliphatic rings. The Bertz CT molecular complexity index is 820. The molecular formula is C23H31N3O2. The van der Waals surface area contributed by atoms with Crippen molar-refractivity contribution >= 4 is 5.91 Å². The van der Waals surface area contributed by atoms with Crippen molar-refractivity contribution in [3.05, 3.63) is 70.8 Å². The molecule has 0 saturated carbocycles. The van der Waals surface area contributed by atoms with Crippen molar-refractivity contribution in [2.45, 2.75) is 50.3 Å². The van der Waals surface area contributed by atoms with E-state index in [1.807, 2.05) is 30.3 Å². The summed E-state index contributed by atoms with van der Waals surface area (Å²) in [6.07, 6.45) is 1.69. The summed E-state index contributed by atoms with van der Waals surface area (Å²) in [6, 6.07) is 16.0. The Labute approximate surface area is 167 Å². The molecule has 0 saturated heterocycles. The zero-order valence-corrected chi connectivity index (χ0v) is 16.9. The molecular weight excluding hydrogens is 350 g/mol. The van der Waals surface area contributed by atoms with Crippen molar-refractivity contribution in [3.63, 3.8) is 0 Å². The Balaban J connectivity index is 1.76. The van der Waals surface area contributed by atoms with Crippen molar-refractivity contribution in [2.75, 3.05) is 13.7 Å². The average molecular weight is 382 g/mol. The van der Waals surface area contributed by atoms with E-state index < -0.39 is 5.91 Å². The molecule has 0 unspecified atom stereocenters. The van der Waals surface area contributed by atoms with Gasteiger partial charge in [-0.3, -0.25) is 4.79 Å². The summed E-state index contributed by atoms with van der Waals surface area (Å²) < 4.78 is 5.83. The highest BCUT2D eigenvalue weighted by Gasteiger charge is 2.42. The lowest BCUT2D eigenvalue weighted by Crippen LogP contribution is -2.57. The fraction of sp³-hybridized carbons (Fsp3) is 0.435. The predicted molar refractivity (Wildman–Crippen MR) is 112 cm³/mol. The first-order chi connectivity index (χ1) is 13.3. The fourth-order valence-corrected chi connectivity index (χ4v) is 4.34. The summed E-state index contributed by atoms with van der Waals surface area (Å²) in [7, 11) is 1.76. The molecule has 150 valence electrons. The van der Waals surface area contributed by atoms with E-state index in [2.05, 4.69) is 31.3 Å². The smallest absolute Gasteiger partial charge is 0.248 e. The topological polar surface area (TPSA) is 90.4 Å². The van der Waals surface area contributed by atoms with Crippen LogP contribution >= 0.6 is 0 Å². The number of nitrogens with one attached hydrogen (secondary N) is 1. The maximum absolute atomic E-state index is 11.6. The van der Waals surface area contributed by atoms with E-state index in [9.17, 15) is 4.79 Å². The molecule has 2 aromatic rings. The van der Waals surface area contributed by atoms with Crippen LogP contribution in [0, 0.1) is 0 Å². The van der Waals surface area contributed by atoms with Gasteiger partial charge in [0.15, 0.2) is 0 Å². The molecule has 0 aromatic heterocycles. The number of primary amides is 1. The molecule has 5 nitrogen and oxygen atoms in total. The summed E-state index contributed by atoms with van der Waals surface area (Å²) in [5.74, 6) is -0.397. The first kappa shape index (κ1) is 20.5. The second-order valence-electron chi connectivity index (χ2n) is 8.17. The van der Waals surface area contributed by atoms with E-state index in [4.69, 9.17) is 16.2 Å². The number of ether oxygens (including phenoxy) is 1. The quantitative estimate of drug-likeness (QED) is 0.688. The van der Waals surface area contributed by atoms with E-state index in [0.29, 0.717) is 5.56 Å². The second-order valence-corrected chi connectivity index (χ2v) is 8.17. The molecule has 0 fully saturated rings. The molecule has 0 aliphatic heterocycles. The summed E-state index contributed by atoms with van der Waals surface area (Å²) in [5.41, 5.74) is 15.7. The van der Waals surface area contributed by atoms with E-state index in [-0.39, 0.29) is 23.6 Å². The molecule has 0 spiro atoms. The Morgan fingerprint density at radius 2 is 1.96 bits per heavy atom. The highest BCUT2D eigenvalue weighted by molar-refractivity contribution is 5.93. The second kappa shape index (κ2) is 8.43. The third-order valence-corrected chi connectivity index (χ3v) is 6.01. The lowest BCUT2D eigenvalue weighted by molar-refractivity contribution is 0.0354. The lowest BCUT2D eigenvalue weighted by Gasteiger charge is -2.45. The average Bonchev–Trinajstić information content (AvgIpc) is 2.69. The number of amides is 1. The number of nitrogens with two attached hydrogens (primary N) is 2. The summed E-state index contributed by atoms with van der Waals surface area (Å²) >= 11 is 0. The minimum atomic E-state index is -0.397. The highest BCUT2D eigenvalue weighted by Crippen LogP contribution is 2.38. The Morgan fingerprint density at radius 3 is 2.61 bits per heavy atom. The first-order valence-corrected chi connectivity index (χ1v) is 9.84. The normalized spacial score (nSPS) is 21.7. The zero-order valence-electron chi connectivity index (χ0n) is 16.9. The van der Waals surface area contributed by atoms with Crippen molar-refractivity contribution < 1.29 is 9.53 Å². The predicted octanol–water partition coefficient (Wildman–Crippen LogP) is 2.68. The van der Waals surface area contributed by atoms with Gasteiger partial charge in [0.1, 0.15) is 0 Å². The molecule has 2 aromatic carbocycles. The first-order valence-electron chi connectivity index (χ1n) is 9.84. The van der Waals surface area contributed by atoms with Crippen molar-refractivity contribution in [1.82, 2.24) is 5.32 Å². The monoisotopic (exact) mass is 381 g/mol. The molecule has 0 bridgehead atoms. The Morgan fingerprint density at radius 1 is 1.25 bits per heavy atom. The van der Waals surface area contributed by atoms with Gasteiger partial charge in [-0.05, 0) is 41.8 Å². The van der Waals surface area contributed by atoms with Gasteiger partial charge in [-0.1, -0.05) is 50.2 Å². The van der Waals surface area contributed by atoms with Crippen LogP contribution < -0.4 is 16.8 Å². The van der Waals surface area contributed by atoms with Gasteiger partial charge in [0, 0.05) is 36.6 Å². The van der Waals surface area contributed by atoms with E-state index in [1.165, 1.54) is 5.56 Å². The number of hydrogen-bond acceptors (Lipinski definition) is 4. The lowest BCUT2D eigenvalue weighted by atomic mass is 9.67. The van der Waals surface area contributed by atoms with Crippen LogP contribution in [-0.2, 0) is 16.6 Å². The van der Waals surface area contributed by atoms with Crippen LogP contribution in [0.4, 0.5) is 0 Å². The Kier molecular flexibility index (Phi) is 6.18. The van der Waals surface area contributed by atoms with E-state index in [1.54, 1.807) is 13.2 Å². The third kappa shape index (κ3) is 4.12. The van der Waals surface area contributed by atoms with Crippen LogP contribution in [0.2, 0.25) is 0 Å². The minimum Gasteiger partial charge on any atom is -0.379 e. The molecule has 0 radical (unpaired) electrons. The van der Waals surface area contributed by atoms with Crippen LogP contribution in [0.1, 0.15) is 53.4 Å². The highest BCUT2D eigenvalue weighted by atomic mass is 16.5. The summed E-state index contributed by atoms with van der Waals surface area (Å²) in [6.45, 7) is 5.17. The van der Waals surface area contributed by atoms with Gasteiger partial charge in [-0.2, -0.15) is 0 Å². The van der Waals surface area contributed by atoms with Crippen LogP contribution in [0.3, 0.4) is 0 Å². The Hall–Kier alpha value is -2.21. The number of methoxy groups -OCH3 is 1. The van der Waals surface area contributed by atoms with Gasteiger partial charge in [0.2, 0.25) is 5.91 Å². The number of hydrogen-bond donors (Lipinski definition) is 3. The van der Waals surface area contributed by atoms with Gasteiger partial charge < -0.3 is 21.5 Å². The molecule has 1 amide bonds. The third-order valence-electron chi connectivity index (χ3n) is 6.01. The SMILES string of the molecule is CO[C@@H]1Cc2ccc(C(N)=O)cc2C(C)(C)[C@H]1NCC[C@@H](N)c1ccccc1. The molecule has 3 atom stereocenters. The van der Waals surface area contributed by atoms with Gasteiger partial charge in [-0.25, -0.2) is 0 Å². The number of carbonyl (C=O) groups excluding carboxylic acids is 1. The van der Waals surface area contributed by atoms with Crippen LogP contribution in [0.5, 0.6) is 0 Å². The van der Waals surface area contributed by atoms with Gasteiger partial charge in [0.25, 0.3) is 0 Å². The zero-order chi connectivity index (χ0) is 20.3. The molecule has 28 heavy (non-hydrogen) atoms. The van der Waals surface area contributed by atoms with Gasteiger partial charge in [-0.15, -0.1) is 0 Å².